The van der Waals surface area contributed by atoms with Crippen LogP contribution in [0, 0.1) is 13.8 Å². The quantitative estimate of drug-likeness (QED) is 0.667. The van der Waals surface area contributed by atoms with Crippen LogP contribution in [0.4, 0.5) is 0 Å². The van der Waals surface area contributed by atoms with Crippen LogP contribution in [0.25, 0.3) is 0 Å². The van der Waals surface area contributed by atoms with Gasteiger partial charge in [-0.25, -0.2) is 4.98 Å². The lowest BCUT2D eigenvalue weighted by molar-refractivity contribution is 0.561. The molecule has 17 heavy (non-hydrogen) atoms. The van der Waals surface area contributed by atoms with Crippen molar-refractivity contribution in [2.75, 3.05) is 0 Å². The lowest BCUT2D eigenvalue weighted by atomic mass is 10.1. The molecule has 0 fully saturated rings. The fourth-order valence-electron chi connectivity index (χ4n) is 1.76. The Kier molecular flexibility index (Phi) is 4.32. The van der Waals surface area contributed by atoms with E-state index in [1.807, 2.05) is 13.8 Å². The number of aryl methyl sites for hydroxylation is 2. The number of rotatable bonds is 4. The van der Waals surface area contributed by atoms with E-state index >= 15 is 0 Å². The van der Waals surface area contributed by atoms with Crippen LogP contribution in [0.3, 0.4) is 0 Å². The van der Waals surface area contributed by atoms with Crippen molar-refractivity contribution in [3.8, 4) is 0 Å². The van der Waals surface area contributed by atoms with Crippen LogP contribution >= 0.6 is 38.6 Å². The van der Waals surface area contributed by atoms with E-state index in [0.717, 1.165) is 20.9 Å². The standard InChI is InChI=1S/C11H14BrN3S2/c1-6-11(16-7(2)14-6)9(15-13)5-8-3-4-10(12)17-8/h3-4,9,15H,5,13H2,1-2H3. The molecule has 0 spiro atoms. The summed E-state index contributed by atoms with van der Waals surface area (Å²) in [5, 5.41) is 1.09. The maximum absolute atomic E-state index is 5.66. The van der Waals surface area contributed by atoms with Gasteiger partial charge in [-0.3, -0.25) is 11.3 Å². The molecule has 3 nitrogen and oxygen atoms in total. The normalized spacial score (nSPS) is 12.9. The highest BCUT2D eigenvalue weighted by Gasteiger charge is 2.17. The van der Waals surface area contributed by atoms with Crippen LogP contribution in [0.2, 0.25) is 0 Å². The number of nitrogens with one attached hydrogen (secondary N) is 1. The second-order valence-corrected chi connectivity index (χ2v) is 7.59. The zero-order chi connectivity index (χ0) is 12.4. The lowest BCUT2D eigenvalue weighted by Crippen LogP contribution is -2.29. The number of nitrogens with two attached hydrogens (primary N) is 1. The average Bonchev–Trinajstić information content (AvgIpc) is 2.82. The largest absolute Gasteiger partial charge is 0.271 e. The van der Waals surface area contributed by atoms with Crippen LogP contribution in [-0.2, 0) is 6.42 Å². The van der Waals surface area contributed by atoms with Gasteiger partial charge in [-0.05, 0) is 41.9 Å². The molecule has 6 heteroatoms. The van der Waals surface area contributed by atoms with Crippen molar-refractivity contribution in [2.45, 2.75) is 26.3 Å². The van der Waals surface area contributed by atoms with Gasteiger partial charge in [-0.15, -0.1) is 22.7 Å². The van der Waals surface area contributed by atoms with E-state index < -0.39 is 0 Å². The predicted molar refractivity (Wildman–Crippen MR) is 77.4 cm³/mol. The van der Waals surface area contributed by atoms with Crippen LogP contribution in [-0.4, -0.2) is 4.98 Å². The minimum Gasteiger partial charge on any atom is -0.271 e. The van der Waals surface area contributed by atoms with Gasteiger partial charge in [0.15, 0.2) is 0 Å². The molecule has 0 aromatic carbocycles. The van der Waals surface area contributed by atoms with Crippen molar-refractivity contribution < 1.29 is 0 Å². The third-order valence-corrected chi connectivity index (χ3v) is 5.32. The van der Waals surface area contributed by atoms with Gasteiger partial charge in [-0.2, -0.15) is 0 Å². The minimum atomic E-state index is 0.145. The molecular formula is C11H14BrN3S2. The van der Waals surface area contributed by atoms with Gasteiger partial charge < -0.3 is 0 Å². The number of hydrogen-bond acceptors (Lipinski definition) is 5. The summed E-state index contributed by atoms with van der Waals surface area (Å²) in [4.78, 5) is 6.99. The van der Waals surface area contributed by atoms with E-state index in [1.54, 1.807) is 22.7 Å². The Bertz CT molecular complexity index is 507. The van der Waals surface area contributed by atoms with Gasteiger partial charge in [0.1, 0.15) is 0 Å². The highest BCUT2D eigenvalue weighted by molar-refractivity contribution is 9.11. The molecule has 0 aliphatic carbocycles. The molecule has 1 atom stereocenters. The van der Waals surface area contributed by atoms with Gasteiger partial charge in [0.25, 0.3) is 0 Å². The fourth-order valence-corrected chi connectivity index (χ4v) is 4.28. The summed E-state index contributed by atoms with van der Waals surface area (Å²) in [5.74, 6) is 5.66. The van der Waals surface area contributed by atoms with Crippen LogP contribution in [0.15, 0.2) is 15.9 Å². The Morgan fingerprint density at radius 3 is 2.65 bits per heavy atom. The molecule has 2 heterocycles. The Morgan fingerprint density at radius 1 is 1.41 bits per heavy atom. The number of hydrogen-bond donors (Lipinski definition) is 2. The summed E-state index contributed by atoms with van der Waals surface area (Å²) in [5.41, 5.74) is 3.97. The Labute approximate surface area is 117 Å². The molecule has 2 rings (SSSR count). The summed E-state index contributed by atoms with van der Waals surface area (Å²) >= 11 is 6.93. The second-order valence-electron chi connectivity index (χ2n) is 3.81. The van der Waals surface area contributed by atoms with E-state index in [2.05, 4.69) is 38.5 Å². The highest BCUT2D eigenvalue weighted by atomic mass is 79.9. The number of hydrazine groups is 1. The Morgan fingerprint density at radius 2 is 2.18 bits per heavy atom. The van der Waals surface area contributed by atoms with Gasteiger partial charge in [0, 0.05) is 16.2 Å². The van der Waals surface area contributed by atoms with Crippen molar-refractivity contribution >= 4 is 38.6 Å². The first kappa shape index (κ1) is 13.2. The van der Waals surface area contributed by atoms with Gasteiger partial charge in [-0.1, -0.05) is 0 Å². The predicted octanol–water partition coefficient (Wildman–Crippen LogP) is 3.33. The first-order chi connectivity index (χ1) is 8.10. The van der Waals surface area contributed by atoms with E-state index in [1.165, 1.54) is 9.75 Å². The maximum Gasteiger partial charge on any atom is 0.0900 e. The summed E-state index contributed by atoms with van der Waals surface area (Å²) in [6.07, 6.45) is 0.898. The zero-order valence-corrected chi connectivity index (χ0v) is 12.9. The van der Waals surface area contributed by atoms with Crippen molar-refractivity contribution in [2.24, 2.45) is 5.84 Å². The number of thiophene rings is 1. The van der Waals surface area contributed by atoms with Crippen LogP contribution in [0.5, 0.6) is 0 Å². The van der Waals surface area contributed by atoms with Crippen LogP contribution in [0.1, 0.15) is 26.5 Å². The Balaban J connectivity index is 2.19. The zero-order valence-electron chi connectivity index (χ0n) is 9.66. The first-order valence-electron chi connectivity index (χ1n) is 5.24. The second kappa shape index (κ2) is 5.58. The molecule has 92 valence electrons. The molecule has 0 aliphatic heterocycles. The molecule has 0 aliphatic rings. The molecule has 2 aromatic rings. The third kappa shape index (κ3) is 3.14. The molecule has 1 unspecified atom stereocenters. The monoisotopic (exact) mass is 331 g/mol. The smallest absolute Gasteiger partial charge is 0.0900 e. The summed E-state index contributed by atoms with van der Waals surface area (Å²) in [7, 11) is 0. The average molecular weight is 332 g/mol. The molecule has 2 aromatic heterocycles. The molecule has 3 N–H and O–H groups in total. The summed E-state index contributed by atoms with van der Waals surface area (Å²) in [6.45, 7) is 4.06. The minimum absolute atomic E-state index is 0.145. The van der Waals surface area contributed by atoms with E-state index in [4.69, 9.17) is 5.84 Å². The number of halogens is 1. The van der Waals surface area contributed by atoms with Gasteiger partial charge in [0.2, 0.25) is 0 Å². The lowest BCUT2D eigenvalue weighted by Gasteiger charge is -2.13. The highest BCUT2D eigenvalue weighted by Crippen LogP contribution is 2.30. The first-order valence-corrected chi connectivity index (χ1v) is 7.67. The van der Waals surface area contributed by atoms with Crippen molar-refractivity contribution in [3.05, 3.63) is 36.4 Å². The molecule has 0 saturated carbocycles. The van der Waals surface area contributed by atoms with Gasteiger partial charge in [0.05, 0.1) is 20.5 Å². The molecule has 0 radical (unpaired) electrons. The number of aromatic nitrogens is 1. The SMILES string of the molecule is Cc1nc(C)c(C(Cc2ccc(Br)s2)NN)s1. The molecule has 0 amide bonds. The number of thiazole rings is 1. The Hall–Kier alpha value is -0.270. The van der Waals surface area contributed by atoms with Crippen LogP contribution < -0.4 is 11.3 Å². The molecular weight excluding hydrogens is 318 g/mol. The summed E-state index contributed by atoms with van der Waals surface area (Å²) < 4.78 is 1.15. The van der Waals surface area contributed by atoms with Crippen molar-refractivity contribution in [3.63, 3.8) is 0 Å². The maximum atomic E-state index is 5.66. The topological polar surface area (TPSA) is 50.9 Å². The van der Waals surface area contributed by atoms with Crippen molar-refractivity contribution in [1.29, 1.82) is 0 Å². The van der Waals surface area contributed by atoms with Crippen molar-refractivity contribution in [1.82, 2.24) is 10.4 Å². The van der Waals surface area contributed by atoms with E-state index in [0.29, 0.717) is 0 Å². The molecule has 0 bridgehead atoms. The molecule has 0 saturated heterocycles. The van der Waals surface area contributed by atoms with E-state index in [-0.39, 0.29) is 6.04 Å². The number of nitrogens with zero attached hydrogens (tertiary/aromatic N) is 1. The van der Waals surface area contributed by atoms with E-state index in [9.17, 15) is 0 Å². The third-order valence-electron chi connectivity index (χ3n) is 2.49. The van der Waals surface area contributed by atoms with Gasteiger partial charge >= 0.3 is 0 Å². The summed E-state index contributed by atoms with van der Waals surface area (Å²) in [6, 6.07) is 4.34. The fraction of sp³-hybridized carbons (Fsp3) is 0.364.